The molecule has 6 heteroatoms. The zero-order valence-corrected chi connectivity index (χ0v) is 16.1. The van der Waals surface area contributed by atoms with Gasteiger partial charge in [-0.25, -0.2) is 4.79 Å². The Kier molecular flexibility index (Phi) is 4.68. The molecular weight excluding hydrogens is 373 g/mol. The lowest BCUT2D eigenvalue weighted by Gasteiger charge is -2.56. The van der Waals surface area contributed by atoms with Gasteiger partial charge in [-0.05, 0) is 79.4 Å². The second-order valence-electron chi connectivity index (χ2n) is 8.60. The Morgan fingerprint density at radius 3 is 2.12 bits per heavy atom. The number of halogens is 2. The van der Waals surface area contributed by atoms with E-state index < -0.39 is 5.97 Å². The lowest BCUT2D eigenvalue weighted by molar-refractivity contribution is -0.122. The van der Waals surface area contributed by atoms with Crippen LogP contribution in [0.2, 0.25) is 10.0 Å². The quantitative estimate of drug-likeness (QED) is 0.767. The Labute approximate surface area is 163 Å². The number of nitrogens with one attached hydrogen (secondary N) is 1. The summed E-state index contributed by atoms with van der Waals surface area (Å²) >= 11 is 11.9. The number of amides is 1. The summed E-state index contributed by atoms with van der Waals surface area (Å²) in [6, 6.07) is 2.80. The van der Waals surface area contributed by atoms with E-state index in [1.807, 2.05) is 0 Å². The van der Waals surface area contributed by atoms with Crippen molar-refractivity contribution >= 4 is 35.1 Å². The fraction of sp³-hybridized carbons (Fsp3) is 0.600. The smallest absolute Gasteiger partial charge is 0.336 e. The van der Waals surface area contributed by atoms with Crippen molar-refractivity contribution in [2.24, 2.45) is 23.2 Å². The molecule has 1 aromatic rings. The predicted octanol–water partition coefficient (Wildman–Crippen LogP) is 4.57. The average molecular weight is 396 g/mol. The minimum absolute atomic E-state index is 0.00485. The van der Waals surface area contributed by atoms with Crippen molar-refractivity contribution in [3.05, 3.63) is 33.3 Å². The van der Waals surface area contributed by atoms with Gasteiger partial charge >= 0.3 is 5.97 Å². The van der Waals surface area contributed by atoms with Gasteiger partial charge in [0, 0.05) is 6.54 Å². The Morgan fingerprint density at radius 1 is 1.04 bits per heavy atom. The van der Waals surface area contributed by atoms with Crippen molar-refractivity contribution in [1.29, 1.82) is 0 Å². The molecule has 5 rings (SSSR count). The fourth-order valence-corrected chi connectivity index (χ4v) is 6.31. The molecule has 0 aromatic heterocycles. The standard InChI is InChI=1S/C20H23Cl2NO3/c21-16-4-14(15(19(25)26)6-17(16)22)5-18(24)23-10-20-7-11-1-12(8-20)3-13(2-11)9-20/h4,6,11-13H,1-3,5,7-10H2,(H,23,24)(H,25,26). The second kappa shape index (κ2) is 6.72. The Morgan fingerprint density at radius 2 is 1.58 bits per heavy atom. The largest absolute Gasteiger partial charge is 0.478 e. The Hall–Kier alpha value is -1.26. The van der Waals surface area contributed by atoms with Gasteiger partial charge in [0.1, 0.15) is 0 Å². The Bertz CT molecular complexity index is 726. The number of carbonyl (C=O) groups is 2. The van der Waals surface area contributed by atoms with E-state index in [1.54, 1.807) is 0 Å². The monoisotopic (exact) mass is 395 g/mol. The minimum Gasteiger partial charge on any atom is -0.478 e. The Balaban J connectivity index is 1.42. The second-order valence-corrected chi connectivity index (χ2v) is 9.41. The van der Waals surface area contributed by atoms with E-state index in [0.29, 0.717) is 12.1 Å². The summed E-state index contributed by atoms with van der Waals surface area (Å²) in [4.78, 5) is 23.9. The van der Waals surface area contributed by atoms with Crippen molar-refractivity contribution in [2.45, 2.75) is 44.9 Å². The molecule has 0 heterocycles. The van der Waals surface area contributed by atoms with Crippen LogP contribution in [0.15, 0.2) is 12.1 Å². The van der Waals surface area contributed by atoms with Crippen LogP contribution in [-0.2, 0) is 11.2 Å². The third-order valence-electron chi connectivity index (χ3n) is 6.55. The van der Waals surface area contributed by atoms with Crippen LogP contribution in [0, 0.1) is 23.2 Å². The van der Waals surface area contributed by atoms with Crippen LogP contribution >= 0.6 is 23.2 Å². The number of hydrogen-bond acceptors (Lipinski definition) is 2. The molecule has 2 N–H and O–H groups in total. The number of carboxylic acids is 1. The molecule has 0 aliphatic heterocycles. The number of aromatic carboxylic acids is 1. The summed E-state index contributed by atoms with van der Waals surface area (Å²) in [5, 5.41) is 12.9. The van der Waals surface area contributed by atoms with Gasteiger partial charge in [-0.15, -0.1) is 0 Å². The van der Waals surface area contributed by atoms with Gasteiger partial charge in [0.05, 0.1) is 22.0 Å². The number of hydrogen-bond donors (Lipinski definition) is 2. The highest BCUT2D eigenvalue weighted by Gasteiger charge is 2.50. The average Bonchev–Trinajstić information content (AvgIpc) is 2.55. The molecule has 0 radical (unpaired) electrons. The van der Waals surface area contributed by atoms with Gasteiger partial charge in [0.25, 0.3) is 0 Å². The lowest BCUT2D eigenvalue weighted by Crippen LogP contribution is -2.51. The van der Waals surface area contributed by atoms with Crippen LogP contribution < -0.4 is 5.32 Å². The maximum atomic E-state index is 12.5. The first-order valence-corrected chi connectivity index (χ1v) is 10.1. The molecule has 0 saturated heterocycles. The predicted molar refractivity (Wildman–Crippen MR) is 101 cm³/mol. The van der Waals surface area contributed by atoms with Crippen LogP contribution in [0.4, 0.5) is 0 Å². The zero-order chi connectivity index (χ0) is 18.5. The summed E-state index contributed by atoms with van der Waals surface area (Å²) in [5.41, 5.74) is 0.691. The molecular formula is C20H23Cl2NO3. The van der Waals surface area contributed by atoms with E-state index in [2.05, 4.69) is 5.32 Å². The SMILES string of the molecule is O=C(Cc1cc(Cl)c(Cl)cc1C(=O)O)NCC12CC3CC(CC(C3)C1)C2. The highest BCUT2D eigenvalue weighted by molar-refractivity contribution is 6.42. The van der Waals surface area contributed by atoms with Gasteiger partial charge in [-0.3, -0.25) is 4.79 Å². The molecule has 0 spiro atoms. The molecule has 1 aromatic carbocycles. The summed E-state index contributed by atoms with van der Waals surface area (Å²) < 4.78 is 0. The lowest BCUT2D eigenvalue weighted by atomic mass is 9.49. The number of benzene rings is 1. The third kappa shape index (κ3) is 3.46. The molecule has 4 bridgehead atoms. The van der Waals surface area contributed by atoms with Crippen LogP contribution in [0.3, 0.4) is 0 Å². The molecule has 4 aliphatic carbocycles. The van der Waals surface area contributed by atoms with Gasteiger partial charge in [-0.2, -0.15) is 0 Å². The van der Waals surface area contributed by atoms with Crippen molar-refractivity contribution in [1.82, 2.24) is 5.32 Å². The van der Waals surface area contributed by atoms with E-state index >= 15 is 0 Å². The summed E-state index contributed by atoms with van der Waals surface area (Å²) in [5.74, 6) is 1.26. The molecule has 4 nitrogen and oxygen atoms in total. The molecule has 4 fully saturated rings. The van der Waals surface area contributed by atoms with Gasteiger partial charge in [-0.1, -0.05) is 23.2 Å². The summed E-state index contributed by atoms with van der Waals surface area (Å²) in [6.45, 7) is 0.707. The molecule has 26 heavy (non-hydrogen) atoms. The van der Waals surface area contributed by atoms with Gasteiger partial charge < -0.3 is 10.4 Å². The van der Waals surface area contributed by atoms with Crippen molar-refractivity contribution in [3.63, 3.8) is 0 Å². The normalized spacial score (nSPS) is 31.8. The molecule has 0 atom stereocenters. The van der Waals surface area contributed by atoms with Gasteiger partial charge in [0.15, 0.2) is 0 Å². The third-order valence-corrected chi connectivity index (χ3v) is 7.28. The molecule has 4 aliphatic rings. The molecule has 1 amide bonds. The first-order chi connectivity index (χ1) is 12.3. The van der Waals surface area contributed by atoms with Crippen molar-refractivity contribution < 1.29 is 14.7 Å². The first-order valence-electron chi connectivity index (χ1n) is 9.31. The van der Waals surface area contributed by atoms with Gasteiger partial charge in [0.2, 0.25) is 5.91 Å². The molecule has 0 unspecified atom stereocenters. The van der Waals surface area contributed by atoms with Crippen molar-refractivity contribution in [2.75, 3.05) is 6.54 Å². The molecule has 140 valence electrons. The molecule has 4 saturated carbocycles. The van der Waals surface area contributed by atoms with E-state index in [0.717, 1.165) is 17.8 Å². The van der Waals surface area contributed by atoms with Crippen LogP contribution in [0.1, 0.15) is 54.4 Å². The highest BCUT2D eigenvalue weighted by Crippen LogP contribution is 2.59. The minimum atomic E-state index is -1.10. The fourth-order valence-electron chi connectivity index (χ4n) is 5.96. The van der Waals surface area contributed by atoms with Crippen molar-refractivity contribution in [3.8, 4) is 0 Å². The maximum absolute atomic E-state index is 12.5. The number of rotatable bonds is 5. The van der Waals surface area contributed by atoms with Crippen LogP contribution in [-0.4, -0.2) is 23.5 Å². The van der Waals surface area contributed by atoms with E-state index in [1.165, 1.54) is 50.7 Å². The summed E-state index contributed by atoms with van der Waals surface area (Å²) in [7, 11) is 0. The zero-order valence-electron chi connectivity index (χ0n) is 14.6. The topological polar surface area (TPSA) is 66.4 Å². The maximum Gasteiger partial charge on any atom is 0.336 e. The number of carboxylic acid groups (broad SMARTS) is 1. The van der Waals surface area contributed by atoms with E-state index in [4.69, 9.17) is 23.2 Å². The van der Waals surface area contributed by atoms with E-state index in [9.17, 15) is 14.7 Å². The highest BCUT2D eigenvalue weighted by atomic mass is 35.5. The van der Waals surface area contributed by atoms with Crippen LogP contribution in [0.25, 0.3) is 0 Å². The van der Waals surface area contributed by atoms with E-state index in [-0.39, 0.29) is 33.4 Å². The summed E-state index contributed by atoms with van der Waals surface area (Å²) in [6.07, 6.45) is 7.81. The van der Waals surface area contributed by atoms with Crippen LogP contribution in [0.5, 0.6) is 0 Å². The number of carbonyl (C=O) groups excluding carboxylic acids is 1. The first kappa shape index (κ1) is 18.1.